The van der Waals surface area contributed by atoms with Gasteiger partial charge in [-0.15, -0.1) is 0 Å². The second kappa shape index (κ2) is 11.7. The number of thioether (sulfide) groups is 1. The van der Waals surface area contributed by atoms with Crippen LogP contribution in [0.5, 0.6) is 11.5 Å². The molecule has 0 spiro atoms. The molecule has 0 aromatic heterocycles. The molecule has 180 valence electrons. The highest BCUT2D eigenvalue weighted by molar-refractivity contribution is 9.10. The van der Waals surface area contributed by atoms with Gasteiger partial charge < -0.3 is 9.47 Å². The maximum Gasteiger partial charge on any atom is 0.270 e. The van der Waals surface area contributed by atoms with E-state index < -0.39 is 0 Å². The fraction of sp³-hybridized carbons (Fsp3) is 0.120. The summed E-state index contributed by atoms with van der Waals surface area (Å²) in [6.07, 6.45) is 1.80. The highest BCUT2D eigenvalue weighted by Gasteiger charge is 2.33. The molecule has 1 aliphatic rings. The molecule has 1 saturated heterocycles. The molecule has 0 aliphatic carbocycles. The molecule has 1 heterocycles. The van der Waals surface area contributed by atoms with Gasteiger partial charge in [-0.2, -0.15) is 0 Å². The molecule has 1 amide bonds. The SMILES string of the molecule is CCOc1cc(/C=C2/SC(=S)N(c3ccc(Br)cc3)C2=O)cc(Br)c1OCc1ccc(Cl)c(Cl)c1. The van der Waals surface area contributed by atoms with E-state index in [1.54, 1.807) is 18.2 Å². The summed E-state index contributed by atoms with van der Waals surface area (Å²) in [7, 11) is 0. The summed E-state index contributed by atoms with van der Waals surface area (Å²) in [6, 6.07) is 16.5. The minimum absolute atomic E-state index is 0.170. The number of thiocarbonyl (C=S) groups is 1. The van der Waals surface area contributed by atoms with Gasteiger partial charge in [0.1, 0.15) is 6.61 Å². The molecule has 4 nitrogen and oxygen atoms in total. The van der Waals surface area contributed by atoms with Crippen LogP contribution >= 0.6 is 79.0 Å². The van der Waals surface area contributed by atoms with Crippen molar-refractivity contribution in [2.45, 2.75) is 13.5 Å². The molecule has 1 aliphatic heterocycles. The van der Waals surface area contributed by atoms with Crippen molar-refractivity contribution in [2.24, 2.45) is 0 Å². The Kier molecular flexibility index (Phi) is 8.84. The zero-order valence-corrected chi connectivity index (χ0v) is 24.5. The Balaban J connectivity index is 1.59. The van der Waals surface area contributed by atoms with Gasteiger partial charge >= 0.3 is 0 Å². The van der Waals surface area contributed by atoms with Crippen molar-refractivity contribution in [3.8, 4) is 11.5 Å². The van der Waals surface area contributed by atoms with E-state index in [4.69, 9.17) is 44.9 Å². The van der Waals surface area contributed by atoms with Crippen molar-refractivity contribution in [1.82, 2.24) is 0 Å². The van der Waals surface area contributed by atoms with Crippen LogP contribution in [0.3, 0.4) is 0 Å². The maximum absolute atomic E-state index is 13.1. The molecule has 0 N–H and O–H groups in total. The lowest BCUT2D eigenvalue weighted by Gasteiger charge is -2.15. The summed E-state index contributed by atoms with van der Waals surface area (Å²) >= 11 is 25.9. The van der Waals surface area contributed by atoms with Crippen LogP contribution in [-0.2, 0) is 11.4 Å². The van der Waals surface area contributed by atoms with E-state index >= 15 is 0 Å². The second-order valence-corrected chi connectivity index (χ2v) is 11.6. The molecule has 10 heteroatoms. The third-order valence-electron chi connectivity index (χ3n) is 4.88. The second-order valence-electron chi connectivity index (χ2n) is 7.29. The van der Waals surface area contributed by atoms with Gasteiger partial charge in [0, 0.05) is 4.47 Å². The van der Waals surface area contributed by atoms with Gasteiger partial charge in [-0.05, 0) is 88.6 Å². The topological polar surface area (TPSA) is 38.8 Å². The summed E-state index contributed by atoms with van der Waals surface area (Å²) in [5, 5.41) is 0.953. The first-order valence-electron chi connectivity index (χ1n) is 10.3. The van der Waals surface area contributed by atoms with Gasteiger partial charge in [0.2, 0.25) is 0 Å². The van der Waals surface area contributed by atoms with E-state index in [0.29, 0.717) is 41.8 Å². The first kappa shape index (κ1) is 26.5. The highest BCUT2D eigenvalue weighted by atomic mass is 79.9. The lowest BCUT2D eigenvalue weighted by Crippen LogP contribution is -2.27. The third-order valence-corrected chi connectivity index (χ3v) is 8.03. The standard InChI is InChI=1S/C25H17Br2Cl2NO3S2/c1-2-32-21-11-15(9-18(27)23(21)33-13-14-3-8-19(28)20(29)10-14)12-22-24(31)30(25(34)35-22)17-6-4-16(26)5-7-17/h3-12H,2,13H2,1H3/b22-12+. The highest BCUT2D eigenvalue weighted by Crippen LogP contribution is 2.41. The number of amides is 1. The molecule has 0 saturated carbocycles. The fourth-order valence-corrected chi connectivity index (χ4v) is 5.75. The van der Waals surface area contributed by atoms with Crippen molar-refractivity contribution in [3.05, 3.63) is 89.6 Å². The number of hydrogen-bond acceptors (Lipinski definition) is 5. The van der Waals surface area contributed by atoms with Gasteiger partial charge in [0.05, 0.1) is 31.7 Å². The zero-order valence-electron chi connectivity index (χ0n) is 18.2. The summed E-state index contributed by atoms with van der Waals surface area (Å²) in [5.41, 5.74) is 2.37. The number of halogens is 4. The molecule has 0 radical (unpaired) electrons. The van der Waals surface area contributed by atoms with Crippen LogP contribution in [0.15, 0.2) is 68.4 Å². The first-order valence-corrected chi connectivity index (χ1v) is 13.9. The average Bonchev–Trinajstić information content (AvgIpc) is 3.09. The van der Waals surface area contributed by atoms with Crippen molar-refractivity contribution in [3.63, 3.8) is 0 Å². The smallest absolute Gasteiger partial charge is 0.270 e. The minimum atomic E-state index is -0.170. The predicted molar refractivity (Wildman–Crippen MR) is 156 cm³/mol. The lowest BCUT2D eigenvalue weighted by atomic mass is 10.1. The molecule has 0 bridgehead atoms. The number of anilines is 1. The fourth-order valence-electron chi connectivity index (χ4n) is 3.29. The Hall–Kier alpha value is -1.55. The zero-order chi connectivity index (χ0) is 25.1. The summed E-state index contributed by atoms with van der Waals surface area (Å²) in [4.78, 5) is 15.2. The molecule has 0 atom stereocenters. The van der Waals surface area contributed by atoms with Gasteiger partial charge in [0.15, 0.2) is 15.8 Å². The minimum Gasteiger partial charge on any atom is -0.490 e. The van der Waals surface area contributed by atoms with Gasteiger partial charge in [-0.25, -0.2) is 0 Å². The van der Waals surface area contributed by atoms with E-state index in [2.05, 4.69) is 31.9 Å². The van der Waals surface area contributed by atoms with E-state index in [1.807, 2.05) is 49.4 Å². The van der Waals surface area contributed by atoms with Gasteiger partial charge in [-0.3, -0.25) is 9.69 Å². The first-order chi connectivity index (χ1) is 16.8. The number of benzene rings is 3. The van der Waals surface area contributed by atoms with Crippen LogP contribution in [0, 0.1) is 0 Å². The van der Waals surface area contributed by atoms with E-state index in [0.717, 1.165) is 21.3 Å². The van der Waals surface area contributed by atoms with E-state index in [9.17, 15) is 4.79 Å². The number of carbonyl (C=O) groups is 1. The van der Waals surface area contributed by atoms with Crippen LogP contribution in [0.2, 0.25) is 10.0 Å². The van der Waals surface area contributed by atoms with Crippen molar-refractivity contribution in [2.75, 3.05) is 11.5 Å². The van der Waals surface area contributed by atoms with Crippen molar-refractivity contribution < 1.29 is 14.3 Å². The van der Waals surface area contributed by atoms with E-state index in [-0.39, 0.29) is 12.5 Å². The molecular weight excluding hydrogens is 657 g/mol. The number of hydrogen-bond donors (Lipinski definition) is 0. The van der Waals surface area contributed by atoms with Crippen LogP contribution in [-0.4, -0.2) is 16.8 Å². The molecule has 3 aromatic rings. The van der Waals surface area contributed by atoms with Crippen LogP contribution in [0.4, 0.5) is 5.69 Å². The summed E-state index contributed by atoms with van der Waals surface area (Å²) in [5.74, 6) is 0.936. The molecule has 3 aromatic carbocycles. The molecular formula is C25H17Br2Cl2NO3S2. The molecule has 0 unspecified atom stereocenters. The normalized spacial score (nSPS) is 14.7. The number of ether oxygens (including phenoxy) is 2. The molecule has 1 fully saturated rings. The Morgan fingerprint density at radius 2 is 1.77 bits per heavy atom. The van der Waals surface area contributed by atoms with E-state index in [1.165, 1.54) is 16.7 Å². The number of nitrogens with zero attached hydrogens (tertiary/aromatic N) is 1. The summed E-state index contributed by atoms with van der Waals surface area (Å²) < 4.78 is 14.0. The largest absolute Gasteiger partial charge is 0.490 e. The quantitative estimate of drug-likeness (QED) is 0.185. The Morgan fingerprint density at radius 1 is 1.03 bits per heavy atom. The summed E-state index contributed by atoms with van der Waals surface area (Å²) in [6.45, 7) is 2.62. The van der Waals surface area contributed by atoms with Gasteiger partial charge in [-0.1, -0.05) is 69.2 Å². The van der Waals surface area contributed by atoms with Crippen molar-refractivity contribution in [1.29, 1.82) is 0 Å². The Morgan fingerprint density at radius 3 is 2.46 bits per heavy atom. The number of rotatable bonds is 7. The Labute approximate surface area is 239 Å². The van der Waals surface area contributed by atoms with Crippen LogP contribution in [0.25, 0.3) is 6.08 Å². The Bertz CT molecular complexity index is 1330. The average molecular weight is 674 g/mol. The lowest BCUT2D eigenvalue weighted by molar-refractivity contribution is -0.113. The predicted octanol–water partition coefficient (Wildman–Crippen LogP) is 8.90. The number of carbonyl (C=O) groups excluding carboxylic acids is 1. The molecule has 4 rings (SSSR count). The van der Waals surface area contributed by atoms with Gasteiger partial charge in [0.25, 0.3) is 5.91 Å². The van der Waals surface area contributed by atoms with Crippen molar-refractivity contribution >= 4 is 101 Å². The monoisotopic (exact) mass is 671 g/mol. The maximum atomic E-state index is 13.1. The third kappa shape index (κ3) is 6.24. The van der Waals surface area contributed by atoms with Crippen LogP contribution < -0.4 is 14.4 Å². The van der Waals surface area contributed by atoms with Crippen LogP contribution in [0.1, 0.15) is 18.1 Å². The molecule has 35 heavy (non-hydrogen) atoms.